The van der Waals surface area contributed by atoms with Gasteiger partial charge in [0.05, 0.1) is 12.2 Å². The van der Waals surface area contributed by atoms with Gasteiger partial charge in [0.2, 0.25) is 18.6 Å². The Hall–Kier alpha value is -3.85. The van der Waals surface area contributed by atoms with Crippen LogP contribution in [-0.2, 0) is 16.1 Å². The van der Waals surface area contributed by atoms with Gasteiger partial charge in [-0.2, -0.15) is 0 Å². The molecule has 1 atom stereocenters. The molecule has 9 heteroatoms. The highest BCUT2D eigenvalue weighted by Crippen LogP contribution is 2.35. The maximum atomic E-state index is 13.2. The van der Waals surface area contributed by atoms with Crippen molar-refractivity contribution in [1.29, 1.82) is 0 Å². The van der Waals surface area contributed by atoms with Crippen molar-refractivity contribution in [2.45, 2.75) is 18.2 Å². The van der Waals surface area contributed by atoms with Crippen LogP contribution in [0.1, 0.15) is 12.0 Å². The molecule has 0 bridgehead atoms. The standard InChI is InChI=1S/C25H20FN3O4S/c26-17-7-9-19(10-8-17)27-24(31)22-13-23(30)29(25(34-22)28-18-4-2-1-3-5-18)14-16-6-11-20-21(12-16)33-15-32-20/h1-12,22H,13-15H2,(H,27,31)/t22-/m1/s1. The summed E-state index contributed by atoms with van der Waals surface area (Å²) >= 11 is 1.23. The summed E-state index contributed by atoms with van der Waals surface area (Å²) in [6.07, 6.45) is 0.00998. The molecule has 5 rings (SSSR count). The monoisotopic (exact) mass is 477 g/mol. The second kappa shape index (κ2) is 9.56. The summed E-state index contributed by atoms with van der Waals surface area (Å²) in [4.78, 5) is 32.3. The molecule has 0 aromatic heterocycles. The van der Waals surface area contributed by atoms with E-state index in [-0.39, 0.29) is 31.6 Å². The van der Waals surface area contributed by atoms with E-state index in [9.17, 15) is 14.0 Å². The molecule has 7 nitrogen and oxygen atoms in total. The van der Waals surface area contributed by atoms with Gasteiger partial charge in [0.25, 0.3) is 0 Å². The normalized spacial score (nSPS) is 18.3. The third-order valence-electron chi connectivity index (χ3n) is 5.30. The minimum Gasteiger partial charge on any atom is -0.454 e. The van der Waals surface area contributed by atoms with Gasteiger partial charge in [-0.1, -0.05) is 36.0 Å². The Morgan fingerprint density at radius 2 is 1.82 bits per heavy atom. The highest BCUT2D eigenvalue weighted by molar-refractivity contribution is 8.15. The van der Waals surface area contributed by atoms with Crippen molar-refractivity contribution in [3.63, 3.8) is 0 Å². The number of halogens is 1. The summed E-state index contributed by atoms with van der Waals surface area (Å²) in [5.74, 6) is 0.349. The fourth-order valence-corrected chi connectivity index (χ4v) is 4.69. The predicted octanol–water partition coefficient (Wildman–Crippen LogP) is 4.71. The van der Waals surface area contributed by atoms with Gasteiger partial charge in [0, 0.05) is 12.1 Å². The fourth-order valence-electron chi connectivity index (χ4n) is 3.59. The summed E-state index contributed by atoms with van der Waals surface area (Å²) < 4.78 is 24.0. The van der Waals surface area contributed by atoms with E-state index in [1.165, 1.54) is 36.0 Å². The van der Waals surface area contributed by atoms with E-state index in [2.05, 4.69) is 10.3 Å². The van der Waals surface area contributed by atoms with Gasteiger partial charge in [-0.15, -0.1) is 0 Å². The molecule has 172 valence electrons. The molecule has 2 aliphatic rings. The number of nitrogens with one attached hydrogen (secondary N) is 1. The van der Waals surface area contributed by atoms with E-state index in [1.807, 2.05) is 48.5 Å². The van der Waals surface area contributed by atoms with Crippen molar-refractivity contribution in [1.82, 2.24) is 4.90 Å². The topological polar surface area (TPSA) is 80.2 Å². The Morgan fingerprint density at radius 1 is 1.06 bits per heavy atom. The fraction of sp³-hybridized carbons (Fsp3) is 0.160. The van der Waals surface area contributed by atoms with E-state index in [1.54, 1.807) is 4.90 Å². The van der Waals surface area contributed by atoms with Crippen molar-refractivity contribution < 1.29 is 23.5 Å². The van der Waals surface area contributed by atoms with Crippen molar-refractivity contribution in [3.8, 4) is 11.5 Å². The van der Waals surface area contributed by atoms with E-state index in [0.717, 1.165) is 5.56 Å². The molecule has 1 saturated heterocycles. The number of thioether (sulfide) groups is 1. The van der Waals surface area contributed by atoms with Crippen molar-refractivity contribution >= 4 is 40.1 Å². The maximum absolute atomic E-state index is 13.2. The van der Waals surface area contributed by atoms with E-state index < -0.39 is 11.1 Å². The largest absolute Gasteiger partial charge is 0.454 e. The first-order valence-corrected chi connectivity index (χ1v) is 11.5. The molecule has 2 amide bonds. The number of hydrogen-bond donors (Lipinski definition) is 1. The van der Waals surface area contributed by atoms with Crippen LogP contribution in [-0.4, -0.2) is 33.9 Å². The second-order valence-electron chi connectivity index (χ2n) is 7.70. The lowest BCUT2D eigenvalue weighted by atomic mass is 10.1. The molecule has 0 saturated carbocycles. The quantitative estimate of drug-likeness (QED) is 0.576. The van der Waals surface area contributed by atoms with Crippen LogP contribution < -0.4 is 14.8 Å². The number of anilines is 1. The zero-order chi connectivity index (χ0) is 23.5. The molecule has 3 aromatic carbocycles. The number of rotatable bonds is 5. The highest BCUT2D eigenvalue weighted by Gasteiger charge is 2.36. The molecule has 2 aliphatic heterocycles. The molecule has 34 heavy (non-hydrogen) atoms. The first kappa shape index (κ1) is 22.0. The minimum atomic E-state index is -0.673. The smallest absolute Gasteiger partial charge is 0.238 e. The van der Waals surface area contributed by atoms with E-state index in [4.69, 9.17) is 9.47 Å². The summed E-state index contributed by atoms with van der Waals surface area (Å²) in [7, 11) is 0. The molecule has 3 aromatic rings. The van der Waals surface area contributed by atoms with Gasteiger partial charge in [0.15, 0.2) is 16.7 Å². The van der Waals surface area contributed by atoms with Gasteiger partial charge >= 0.3 is 0 Å². The van der Waals surface area contributed by atoms with E-state index >= 15 is 0 Å². The Kier molecular flexibility index (Phi) is 6.18. The first-order chi connectivity index (χ1) is 16.5. The molecule has 0 aliphatic carbocycles. The average molecular weight is 478 g/mol. The molecule has 2 heterocycles. The maximum Gasteiger partial charge on any atom is 0.238 e. The number of benzene rings is 3. The second-order valence-corrected chi connectivity index (χ2v) is 8.87. The highest BCUT2D eigenvalue weighted by atomic mass is 32.2. The van der Waals surface area contributed by atoms with Crippen molar-refractivity contribution in [2.75, 3.05) is 12.1 Å². The van der Waals surface area contributed by atoms with Gasteiger partial charge in [-0.25, -0.2) is 9.38 Å². The minimum absolute atomic E-state index is 0.00998. The van der Waals surface area contributed by atoms with Crippen LogP contribution in [0, 0.1) is 5.82 Å². The number of carbonyl (C=O) groups is 2. The molecule has 1 N–H and O–H groups in total. The zero-order valence-corrected chi connectivity index (χ0v) is 18.8. The van der Waals surface area contributed by atoms with E-state index in [0.29, 0.717) is 28.0 Å². The molecule has 0 radical (unpaired) electrons. The molecular weight excluding hydrogens is 457 g/mol. The van der Waals surface area contributed by atoms with Crippen LogP contribution in [0.5, 0.6) is 11.5 Å². The van der Waals surface area contributed by atoms with Gasteiger partial charge in [-0.05, 0) is 54.1 Å². The Labute approximate surface area is 199 Å². The number of aliphatic imine (C=N–C) groups is 1. The third kappa shape index (κ3) is 4.89. The number of amidine groups is 1. The number of ether oxygens (including phenoxy) is 2. The van der Waals surface area contributed by atoms with Crippen LogP contribution in [0.25, 0.3) is 0 Å². The van der Waals surface area contributed by atoms with Gasteiger partial charge in [-0.3, -0.25) is 14.5 Å². The van der Waals surface area contributed by atoms with Crippen LogP contribution >= 0.6 is 11.8 Å². The van der Waals surface area contributed by atoms with Crippen molar-refractivity contribution in [3.05, 3.63) is 84.2 Å². The van der Waals surface area contributed by atoms with Gasteiger partial charge < -0.3 is 14.8 Å². The Bertz CT molecular complexity index is 1250. The third-order valence-corrected chi connectivity index (χ3v) is 6.49. The number of amides is 2. The van der Waals surface area contributed by atoms with Crippen molar-refractivity contribution in [2.24, 2.45) is 4.99 Å². The van der Waals surface area contributed by atoms with Gasteiger partial charge in [0.1, 0.15) is 11.1 Å². The van der Waals surface area contributed by atoms with Crippen LogP contribution in [0.15, 0.2) is 77.8 Å². The number of para-hydroxylation sites is 1. The summed E-state index contributed by atoms with van der Waals surface area (Å²) in [6, 6.07) is 20.3. The van der Waals surface area contributed by atoms with Crippen LogP contribution in [0.4, 0.5) is 15.8 Å². The summed E-state index contributed by atoms with van der Waals surface area (Å²) in [6.45, 7) is 0.448. The lowest BCUT2D eigenvalue weighted by Crippen LogP contribution is -2.44. The first-order valence-electron chi connectivity index (χ1n) is 10.6. The Morgan fingerprint density at radius 3 is 2.62 bits per heavy atom. The summed E-state index contributed by atoms with van der Waals surface area (Å²) in [5.41, 5.74) is 1.99. The lowest BCUT2D eigenvalue weighted by molar-refractivity contribution is -0.129. The lowest BCUT2D eigenvalue weighted by Gasteiger charge is -2.32. The zero-order valence-electron chi connectivity index (χ0n) is 17.9. The number of nitrogens with zero attached hydrogens (tertiary/aromatic N) is 2. The van der Waals surface area contributed by atoms with Crippen LogP contribution in [0.3, 0.4) is 0 Å². The molecular formula is C25H20FN3O4S. The number of carbonyl (C=O) groups excluding carboxylic acids is 2. The number of fused-ring (bicyclic) bond motifs is 1. The molecule has 0 unspecified atom stereocenters. The Balaban J connectivity index is 1.39. The SMILES string of the molecule is O=C(Nc1ccc(F)cc1)[C@H]1CC(=O)N(Cc2ccc3c(c2)OCO3)C(=Nc2ccccc2)S1. The number of hydrogen-bond acceptors (Lipinski definition) is 6. The van der Waals surface area contributed by atoms with Crippen LogP contribution in [0.2, 0.25) is 0 Å². The molecule has 1 fully saturated rings. The average Bonchev–Trinajstić information content (AvgIpc) is 3.31. The predicted molar refractivity (Wildman–Crippen MR) is 128 cm³/mol. The molecule has 0 spiro atoms. The summed E-state index contributed by atoms with van der Waals surface area (Å²) in [5, 5.41) is 2.51.